The summed E-state index contributed by atoms with van der Waals surface area (Å²) in [5.41, 5.74) is 1.56. The zero-order valence-electron chi connectivity index (χ0n) is 12.8. The molecule has 1 aliphatic heterocycles. The van der Waals surface area contributed by atoms with E-state index in [9.17, 15) is 17.9 Å². The fraction of sp³-hybridized carbons (Fsp3) is 0.400. The predicted molar refractivity (Wildman–Crippen MR) is 82.7 cm³/mol. The van der Waals surface area contributed by atoms with Crippen LogP contribution in [0.5, 0.6) is 0 Å². The number of rotatable bonds is 3. The van der Waals surface area contributed by atoms with Crippen LogP contribution >= 0.6 is 0 Å². The van der Waals surface area contributed by atoms with Crippen molar-refractivity contribution in [3.8, 4) is 5.69 Å². The number of halogens is 1. The number of sulfonamides is 1. The summed E-state index contributed by atoms with van der Waals surface area (Å²) in [5.74, 6) is 0. The Bertz CT molecular complexity index is 810. The molecular formula is C15H18FN3O3S. The Hall–Kier alpha value is -1.77. The Labute approximate surface area is 134 Å². The monoisotopic (exact) mass is 339 g/mol. The number of hydrogen-bond donors (Lipinski definition) is 1. The second-order valence-electron chi connectivity index (χ2n) is 5.65. The maximum absolute atomic E-state index is 13.5. The first-order valence-electron chi connectivity index (χ1n) is 7.26. The Morgan fingerprint density at radius 2 is 1.87 bits per heavy atom. The van der Waals surface area contributed by atoms with Crippen LogP contribution in [0.4, 0.5) is 4.39 Å². The standard InChI is InChI=1S/C15H18FN3O3S/c1-10-15(23(21,22)18-8-13(16)14(20)9-18)11(2)19(17-10)12-6-4-3-5-7-12/h3-7,13-14,20H,8-9H2,1-2H3/t13-,14-/m1/s1. The van der Waals surface area contributed by atoms with Crippen molar-refractivity contribution < 1.29 is 17.9 Å². The van der Waals surface area contributed by atoms with E-state index < -0.39 is 22.3 Å². The minimum atomic E-state index is -3.90. The highest BCUT2D eigenvalue weighted by Crippen LogP contribution is 2.28. The number of hydrogen-bond acceptors (Lipinski definition) is 4. The maximum Gasteiger partial charge on any atom is 0.246 e. The van der Waals surface area contributed by atoms with Gasteiger partial charge in [0.1, 0.15) is 17.2 Å². The van der Waals surface area contributed by atoms with Crippen LogP contribution in [0.15, 0.2) is 35.2 Å². The van der Waals surface area contributed by atoms with Crippen LogP contribution < -0.4 is 0 Å². The van der Waals surface area contributed by atoms with E-state index in [1.165, 1.54) is 0 Å². The summed E-state index contributed by atoms with van der Waals surface area (Å²) in [5, 5.41) is 13.8. The molecule has 0 aliphatic carbocycles. The second kappa shape index (κ2) is 5.70. The summed E-state index contributed by atoms with van der Waals surface area (Å²) in [4.78, 5) is 0.0719. The van der Waals surface area contributed by atoms with Gasteiger partial charge in [-0.3, -0.25) is 0 Å². The molecule has 1 aliphatic rings. The molecule has 1 fully saturated rings. The summed E-state index contributed by atoms with van der Waals surface area (Å²) < 4.78 is 41.7. The quantitative estimate of drug-likeness (QED) is 0.911. The normalized spacial score (nSPS) is 22.6. The van der Waals surface area contributed by atoms with Crippen molar-refractivity contribution >= 4 is 10.0 Å². The molecular weight excluding hydrogens is 321 g/mol. The SMILES string of the molecule is Cc1nn(-c2ccccc2)c(C)c1S(=O)(=O)N1C[C@@H](O)[C@H](F)C1. The maximum atomic E-state index is 13.5. The van der Waals surface area contributed by atoms with Crippen LogP contribution in [0, 0.1) is 13.8 Å². The fourth-order valence-corrected chi connectivity index (χ4v) is 4.68. The van der Waals surface area contributed by atoms with E-state index in [0.717, 1.165) is 9.99 Å². The van der Waals surface area contributed by atoms with Gasteiger partial charge in [-0.15, -0.1) is 0 Å². The number of β-amino-alcohol motifs (C(OH)–C–C–N with tert-alkyl or cyclic N) is 1. The lowest BCUT2D eigenvalue weighted by atomic mass is 10.3. The minimum absolute atomic E-state index is 0.0719. The molecule has 0 unspecified atom stereocenters. The summed E-state index contributed by atoms with van der Waals surface area (Å²) in [6.45, 7) is 2.70. The van der Waals surface area contributed by atoms with E-state index in [4.69, 9.17) is 0 Å². The first-order chi connectivity index (χ1) is 10.8. The Morgan fingerprint density at radius 3 is 2.43 bits per heavy atom. The van der Waals surface area contributed by atoms with Crippen LogP contribution in [-0.4, -0.2) is 53.0 Å². The van der Waals surface area contributed by atoms with Gasteiger partial charge >= 0.3 is 0 Å². The highest BCUT2D eigenvalue weighted by Gasteiger charge is 2.40. The van der Waals surface area contributed by atoms with Crippen LogP contribution in [0.1, 0.15) is 11.4 Å². The zero-order chi connectivity index (χ0) is 16.8. The third kappa shape index (κ3) is 2.66. The van der Waals surface area contributed by atoms with Gasteiger partial charge in [0.05, 0.1) is 17.1 Å². The van der Waals surface area contributed by atoms with Crippen molar-refractivity contribution in [3.05, 3.63) is 41.7 Å². The molecule has 3 rings (SSSR count). The summed E-state index contributed by atoms with van der Waals surface area (Å²) in [6.07, 6.45) is -2.84. The van der Waals surface area contributed by atoms with Gasteiger partial charge in [0.25, 0.3) is 0 Å². The van der Waals surface area contributed by atoms with Gasteiger partial charge in [-0.2, -0.15) is 9.40 Å². The van der Waals surface area contributed by atoms with Crippen molar-refractivity contribution in [1.82, 2.24) is 14.1 Å². The van der Waals surface area contributed by atoms with Crippen molar-refractivity contribution in [2.24, 2.45) is 0 Å². The van der Waals surface area contributed by atoms with E-state index in [1.54, 1.807) is 18.5 Å². The van der Waals surface area contributed by atoms with E-state index in [0.29, 0.717) is 11.4 Å². The van der Waals surface area contributed by atoms with Gasteiger partial charge < -0.3 is 5.11 Å². The highest BCUT2D eigenvalue weighted by molar-refractivity contribution is 7.89. The first kappa shape index (κ1) is 16.1. The first-order valence-corrected chi connectivity index (χ1v) is 8.70. The lowest BCUT2D eigenvalue weighted by Gasteiger charge is -2.15. The van der Waals surface area contributed by atoms with Crippen molar-refractivity contribution in [2.45, 2.75) is 31.0 Å². The van der Waals surface area contributed by atoms with Crippen LogP contribution in [-0.2, 0) is 10.0 Å². The van der Waals surface area contributed by atoms with E-state index in [-0.39, 0.29) is 18.0 Å². The average molecular weight is 339 g/mol. The number of nitrogens with zero attached hydrogens (tertiary/aromatic N) is 3. The number of alkyl halides is 1. The van der Waals surface area contributed by atoms with Gasteiger partial charge in [-0.05, 0) is 26.0 Å². The average Bonchev–Trinajstić information content (AvgIpc) is 3.00. The lowest BCUT2D eigenvalue weighted by Crippen LogP contribution is -2.30. The van der Waals surface area contributed by atoms with Gasteiger partial charge in [0, 0.05) is 13.1 Å². The molecule has 1 aromatic carbocycles. The van der Waals surface area contributed by atoms with Crippen LogP contribution in [0.25, 0.3) is 5.69 Å². The second-order valence-corrected chi connectivity index (χ2v) is 7.53. The Balaban J connectivity index is 2.06. The third-order valence-electron chi connectivity index (χ3n) is 4.01. The van der Waals surface area contributed by atoms with Crippen molar-refractivity contribution in [3.63, 3.8) is 0 Å². The van der Waals surface area contributed by atoms with Crippen LogP contribution in [0.2, 0.25) is 0 Å². The van der Waals surface area contributed by atoms with E-state index in [1.807, 2.05) is 30.3 Å². The topological polar surface area (TPSA) is 75.4 Å². The molecule has 6 nitrogen and oxygen atoms in total. The van der Waals surface area contributed by atoms with E-state index >= 15 is 0 Å². The smallest absolute Gasteiger partial charge is 0.246 e. The molecule has 1 N–H and O–H groups in total. The lowest BCUT2D eigenvalue weighted by molar-refractivity contribution is 0.117. The number of aromatic nitrogens is 2. The molecule has 23 heavy (non-hydrogen) atoms. The molecule has 2 atom stereocenters. The summed E-state index contributed by atoms with van der Waals surface area (Å²) in [6, 6.07) is 9.19. The zero-order valence-corrected chi connectivity index (χ0v) is 13.7. The van der Waals surface area contributed by atoms with Crippen molar-refractivity contribution in [1.29, 1.82) is 0 Å². The van der Waals surface area contributed by atoms with Gasteiger partial charge in [-0.25, -0.2) is 17.5 Å². The molecule has 8 heteroatoms. The molecule has 1 saturated heterocycles. The minimum Gasteiger partial charge on any atom is -0.389 e. The van der Waals surface area contributed by atoms with Crippen molar-refractivity contribution in [2.75, 3.05) is 13.1 Å². The van der Waals surface area contributed by atoms with Gasteiger partial charge in [0.15, 0.2) is 0 Å². The molecule has 0 saturated carbocycles. The number of aliphatic hydroxyl groups excluding tert-OH is 1. The number of para-hydroxylation sites is 1. The Kier molecular flexibility index (Phi) is 3.99. The summed E-state index contributed by atoms with van der Waals surface area (Å²) in [7, 11) is -3.90. The highest BCUT2D eigenvalue weighted by atomic mass is 32.2. The third-order valence-corrected chi connectivity index (χ3v) is 6.09. The molecule has 2 aromatic rings. The van der Waals surface area contributed by atoms with E-state index in [2.05, 4.69) is 5.10 Å². The Morgan fingerprint density at radius 1 is 1.22 bits per heavy atom. The predicted octanol–water partition coefficient (Wildman–Crippen LogP) is 1.19. The number of aliphatic hydroxyl groups is 1. The number of benzene rings is 1. The number of aryl methyl sites for hydroxylation is 1. The molecule has 0 bridgehead atoms. The van der Waals surface area contributed by atoms with Gasteiger partial charge in [0.2, 0.25) is 10.0 Å². The molecule has 124 valence electrons. The molecule has 0 amide bonds. The molecule has 1 aromatic heterocycles. The molecule has 0 radical (unpaired) electrons. The molecule has 0 spiro atoms. The summed E-state index contributed by atoms with van der Waals surface area (Å²) >= 11 is 0. The molecule has 2 heterocycles. The van der Waals surface area contributed by atoms with Crippen LogP contribution in [0.3, 0.4) is 0 Å². The van der Waals surface area contributed by atoms with Gasteiger partial charge in [-0.1, -0.05) is 18.2 Å². The largest absolute Gasteiger partial charge is 0.389 e. The fourth-order valence-electron chi connectivity index (χ4n) is 2.86.